The minimum Gasteiger partial charge on any atom is -0.480 e. The van der Waals surface area contributed by atoms with Gasteiger partial charge in [0, 0.05) is 5.02 Å². The van der Waals surface area contributed by atoms with Crippen LogP contribution in [0.5, 0.6) is 0 Å². The lowest BCUT2D eigenvalue weighted by Crippen LogP contribution is -2.43. The van der Waals surface area contributed by atoms with Gasteiger partial charge in [0.1, 0.15) is 6.04 Å². The lowest BCUT2D eigenvalue weighted by atomic mass is 10.2. The highest BCUT2D eigenvalue weighted by molar-refractivity contribution is 7.92. The van der Waals surface area contributed by atoms with E-state index in [9.17, 15) is 13.2 Å². The molecule has 0 amide bonds. The molecule has 0 fully saturated rings. The van der Waals surface area contributed by atoms with Gasteiger partial charge in [-0.1, -0.05) is 17.7 Å². The number of hydrogen-bond acceptors (Lipinski definition) is 3. The molecule has 18 heavy (non-hydrogen) atoms. The number of nitrogens with zero attached hydrogens (tertiary/aromatic N) is 1. The van der Waals surface area contributed by atoms with Crippen molar-refractivity contribution in [3.63, 3.8) is 0 Å². The predicted octanol–water partition coefficient (Wildman–Crippen LogP) is 1.89. The summed E-state index contributed by atoms with van der Waals surface area (Å²) in [5, 5.41) is 9.35. The summed E-state index contributed by atoms with van der Waals surface area (Å²) in [4.78, 5) is 11.0. The van der Waals surface area contributed by atoms with Gasteiger partial charge in [-0.15, -0.1) is 0 Å². The topological polar surface area (TPSA) is 74.7 Å². The van der Waals surface area contributed by atoms with E-state index in [2.05, 4.69) is 0 Å². The molecule has 0 aliphatic carbocycles. The third-order valence-electron chi connectivity index (χ3n) is 2.48. The van der Waals surface area contributed by atoms with Crippen molar-refractivity contribution in [1.29, 1.82) is 0 Å². The Morgan fingerprint density at radius 1 is 1.44 bits per heavy atom. The fraction of sp³-hybridized carbons (Fsp3) is 0.364. The molecule has 0 radical (unpaired) electrons. The Bertz CT molecular complexity index is 570. The van der Waals surface area contributed by atoms with Crippen LogP contribution in [0.15, 0.2) is 18.2 Å². The molecule has 1 rings (SSSR count). The minimum absolute atomic E-state index is 0.278. The molecule has 5 nitrogen and oxygen atoms in total. The second-order valence-electron chi connectivity index (χ2n) is 4.00. The van der Waals surface area contributed by atoms with Crippen LogP contribution in [0.1, 0.15) is 12.5 Å². The number of carboxylic acid groups (broad SMARTS) is 1. The molecule has 1 aromatic rings. The predicted molar refractivity (Wildman–Crippen MR) is 70.6 cm³/mol. The molecule has 7 heteroatoms. The first-order chi connectivity index (χ1) is 8.14. The number of anilines is 1. The number of halogens is 1. The third kappa shape index (κ3) is 3.14. The van der Waals surface area contributed by atoms with Crippen molar-refractivity contribution in [2.75, 3.05) is 10.6 Å². The maximum absolute atomic E-state index is 11.8. The number of benzene rings is 1. The molecule has 1 N–H and O–H groups in total. The van der Waals surface area contributed by atoms with E-state index < -0.39 is 22.0 Å². The molecule has 1 aromatic carbocycles. The first kappa shape index (κ1) is 14.8. The van der Waals surface area contributed by atoms with Crippen molar-refractivity contribution in [2.24, 2.45) is 0 Å². The molecule has 0 bridgehead atoms. The molecule has 0 aromatic heterocycles. The Kier molecular flexibility index (Phi) is 4.24. The molecule has 0 spiro atoms. The van der Waals surface area contributed by atoms with Gasteiger partial charge in [-0.3, -0.25) is 4.31 Å². The smallest absolute Gasteiger partial charge is 0.327 e. The van der Waals surface area contributed by atoms with Crippen molar-refractivity contribution in [3.8, 4) is 0 Å². The highest BCUT2D eigenvalue weighted by atomic mass is 35.5. The quantitative estimate of drug-likeness (QED) is 0.919. The summed E-state index contributed by atoms with van der Waals surface area (Å²) in [6.07, 6.45) is 0.965. The van der Waals surface area contributed by atoms with E-state index in [0.717, 1.165) is 10.6 Å². The molecule has 0 aliphatic rings. The van der Waals surface area contributed by atoms with Crippen LogP contribution in [0.25, 0.3) is 0 Å². The zero-order valence-electron chi connectivity index (χ0n) is 10.2. The van der Waals surface area contributed by atoms with E-state index in [1.807, 2.05) is 0 Å². The van der Waals surface area contributed by atoms with Crippen LogP contribution in [0.4, 0.5) is 5.69 Å². The minimum atomic E-state index is -3.71. The number of carbonyl (C=O) groups is 1. The lowest BCUT2D eigenvalue weighted by molar-refractivity contribution is -0.137. The summed E-state index contributed by atoms with van der Waals surface area (Å²) in [6, 6.07) is 3.51. The number of aryl methyl sites for hydroxylation is 1. The zero-order chi connectivity index (χ0) is 14.1. The summed E-state index contributed by atoms with van der Waals surface area (Å²) in [7, 11) is -3.71. The summed E-state index contributed by atoms with van der Waals surface area (Å²) >= 11 is 5.83. The lowest BCUT2D eigenvalue weighted by Gasteiger charge is -2.27. The molecule has 0 heterocycles. The average Bonchev–Trinajstić information content (AvgIpc) is 2.21. The Labute approximate surface area is 111 Å². The molecular formula is C11H14ClNO4S. The van der Waals surface area contributed by atoms with E-state index in [-0.39, 0.29) is 5.69 Å². The highest BCUT2D eigenvalue weighted by Gasteiger charge is 2.29. The monoisotopic (exact) mass is 291 g/mol. The standard InChI is InChI=1S/C11H14ClNO4S/c1-7-4-5-9(12)6-10(7)13(18(3,16)17)8(2)11(14)15/h4-6,8H,1-3H3,(H,14,15). The summed E-state index contributed by atoms with van der Waals surface area (Å²) in [6.45, 7) is 3.00. The summed E-state index contributed by atoms with van der Waals surface area (Å²) in [5.74, 6) is -1.22. The van der Waals surface area contributed by atoms with E-state index in [1.165, 1.54) is 13.0 Å². The fourth-order valence-electron chi connectivity index (χ4n) is 1.59. The molecule has 1 atom stereocenters. The fourth-order valence-corrected chi connectivity index (χ4v) is 2.98. The van der Waals surface area contributed by atoms with Gasteiger partial charge in [0.05, 0.1) is 11.9 Å². The van der Waals surface area contributed by atoms with E-state index in [1.54, 1.807) is 19.1 Å². The van der Waals surface area contributed by atoms with Gasteiger partial charge >= 0.3 is 5.97 Å². The van der Waals surface area contributed by atoms with Crippen LogP contribution in [-0.2, 0) is 14.8 Å². The van der Waals surface area contributed by atoms with Crippen molar-refractivity contribution in [1.82, 2.24) is 0 Å². The van der Waals surface area contributed by atoms with Crippen LogP contribution in [0.2, 0.25) is 5.02 Å². The Hall–Kier alpha value is -1.27. The van der Waals surface area contributed by atoms with Crippen molar-refractivity contribution in [2.45, 2.75) is 19.9 Å². The van der Waals surface area contributed by atoms with Gasteiger partial charge < -0.3 is 5.11 Å². The summed E-state index contributed by atoms with van der Waals surface area (Å²) in [5.41, 5.74) is 0.915. The first-order valence-corrected chi connectivity index (χ1v) is 7.35. The van der Waals surface area contributed by atoms with E-state index in [4.69, 9.17) is 16.7 Å². The molecule has 100 valence electrons. The SMILES string of the molecule is Cc1ccc(Cl)cc1N(C(C)C(=O)O)S(C)(=O)=O. The maximum atomic E-state index is 11.8. The Balaban J connectivity index is 3.45. The van der Waals surface area contributed by atoms with Gasteiger partial charge in [-0.05, 0) is 31.5 Å². The van der Waals surface area contributed by atoms with Crippen molar-refractivity contribution >= 4 is 33.3 Å². The van der Waals surface area contributed by atoms with E-state index in [0.29, 0.717) is 10.6 Å². The summed E-state index contributed by atoms with van der Waals surface area (Å²) < 4.78 is 24.4. The second kappa shape index (κ2) is 5.16. The van der Waals surface area contributed by atoms with Gasteiger partial charge in [0.15, 0.2) is 0 Å². The van der Waals surface area contributed by atoms with Gasteiger partial charge in [0.2, 0.25) is 10.0 Å². The van der Waals surface area contributed by atoms with Crippen LogP contribution >= 0.6 is 11.6 Å². The number of hydrogen-bond donors (Lipinski definition) is 1. The van der Waals surface area contributed by atoms with Crippen LogP contribution in [-0.4, -0.2) is 31.8 Å². The molecule has 0 saturated heterocycles. The highest BCUT2D eigenvalue weighted by Crippen LogP contribution is 2.28. The van der Waals surface area contributed by atoms with Crippen molar-refractivity contribution in [3.05, 3.63) is 28.8 Å². The maximum Gasteiger partial charge on any atom is 0.327 e. The van der Waals surface area contributed by atoms with Gasteiger partial charge in [-0.2, -0.15) is 0 Å². The van der Waals surface area contributed by atoms with E-state index >= 15 is 0 Å². The molecule has 0 aliphatic heterocycles. The number of aliphatic carboxylic acids is 1. The third-order valence-corrected chi connectivity index (χ3v) is 3.94. The largest absolute Gasteiger partial charge is 0.480 e. The Morgan fingerprint density at radius 3 is 2.44 bits per heavy atom. The van der Waals surface area contributed by atoms with Crippen LogP contribution < -0.4 is 4.31 Å². The van der Waals surface area contributed by atoms with Gasteiger partial charge in [0.25, 0.3) is 0 Å². The first-order valence-electron chi connectivity index (χ1n) is 5.13. The van der Waals surface area contributed by atoms with Crippen molar-refractivity contribution < 1.29 is 18.3 Å². The normalized spacial score (nSPS) is 13.1. The number of sulfonamides is 1. The van der Waals surface area contributed by atoms with Crippen LogP contribution in [0, 0.1) is 6.92 Å². The molecule has 0 saturated carbocycles. The molecule has 1 unspecified atom stereocenters. The second-order valence-corrected chi connectivity index (χ2v) is 6.30. The number of rotatable bonds is 4. The van der Waals surface area contributed by atoms with Gasteiger partial charge in [-0.25, -0.2) is 13.2 Å². The zero-order valence-corrected chi connectivity index (χ0v) is 11.8. The average molecular weight is 292 g/mol. The number of carboxylic acids is 1. The molecular weight excluding hydrogens is 278 g/mol. The Morgan fingerprint density at radius 2 is 2.00 bits per heavy atom. The van der Waals surface area contributed by atoms with Crippen LogP contribution in [0.3, 0.4) is 0 Å².